The van der Waals surface area contributed by atoms with Crippen molar-refractivity contribution in [2.45, 2.75) is 37.7 Å². The lowest BCUT2D eigenvalue weighted by Crippen LogP contribution is -2.36. The Kier molecular flexibility index (Phi) is 5.43. The summed E-state index contributed by atoms with van der Waals surface area (Å²) in [6, 6.07) is 12.6. The fourth-order valence-corrected chi connectivity index (χ4v) is 5.33. The summed E-state index contributed by atoms with van der Waals surface area (Å²) >= 11 is 0. The highest BCUT2D eigenvalue weighted by Crippen LogP contribution is 2.51. The van der Waals surface area contributed by atoms with E-state index in [0.29, 0.717) is 10.9 Å². The molecule has 0 atom stereocenters. The number of nitrogens with zero attached hydrogens (tertiary/aromatic N) is 3. The van der Waals surface area contributed by atoms with Crippen molar-refractivity contribution < 1.29 is 9.09 Å². The first-order valence-corrected chi connectivity index (χ1v) is 10.0. The first-order chi connectivity index (χ1) is 12.2. The fourth-order valence-electron chi connectivity index (χ4n) is 3.15. The molecule has 0 unspecified atom stereocenters. The fraction of sp³-hybridized carbons (Fsp3) is 0.316. The molecule has 128 valence electrons. The SMILES string of the molecule is N#CC=CC1(OP(=O)(c2ccccn2)c2ccccn2)CCCCC1. The van der Waals surface area contributed by atoms with E-state index in [2.05, 4.69) is 9.97 Å². The summed E-state index contributed by atoms with van der Waals surface area (Å²) in [5, 5.41) is 8.96. The summed E-state index contributed by atoms with van der Waals surface area (Å²) in [5.41, 5.74) is 0.0338. The van der Waals surface area contributed by atoms with E-state index in [9.17, 15) is 4.57 Å². The summed E-state index contributed by atoms with van der Waals surface area (Å²) in [5.74, 6) is 0. The van der Waals surface area contributed by atoms with Gasteiger partial charge in [-0.05, 0) is 43.2 Å². The molecule has 2 aromatic heterocycles. The predicted molar refractivity (Wildman–Crippen MR) is 97.0 cm³/mol. The highest BCUT2D eigenvalue weighted by Gasteiger charge is 2.42. The van der Waals surface area contributed by atoms with Crippen molar-refractivity contribution >= 4 is 18.2 Å². The van der Waals surface area contributed by atoms with Crippen molar-refractivity contribution in [3.05, 3.63) is 60.9 Å². The topological polar surface area (TPSA) is 75.9 Å². The molecule has 1 aliphatic carbocycles. The Morgan fingerprint density at radius 2 is 1.64 bits per heavy atom. The number of pyridine rings is 2. The van der Waals surface area contributed by atoms with Crippen molar-refractivity contribution in [2.24, 2.45) is 0 Å². The minimum Gasteiger partial charge on any atom is -0.309 e. The van der Waals surface area contributed by atoms with Gasteiger partial charge in [0.1, 0.15) is 10.9 Å². The summed E-state index contributed by atoms with van der Waals surface area (Å²) in [4.78, 5) is 8.57. The molecule has 1 fully saturated rings. The predicted octanol–water partition coefficient (Wildman–Crippen LogP) is 3.50. The van der Waals surface area contributed by atoms with Crippen LogP contribution in [0.1, 0.15) is 32.1 Å². The van der Waals surface area contributed by atoms with E-state index >= 15 is 0 Å². The van der Waals surface area contributed by atoms with Crippen LogP contribution in [0.5, 0.6) is 0 Å². The molecular formula is C19H20N3O2P. The second-order valence-corrected chi connectivity index (χ2v) is 8.31. The van der Waals surface area contributed by atoms with Crippen LogP contribution in [-0.2, 0) is 9.09 Å². The standard InChI is InChI=1S/C19H20N3O2P/c20-14-8-13-19(11-4-1-5-12-19)24-25(23,17-9-2-6-15-21-17)18-10-3-7-16-22-18/h2-3,6-10,13,15-16H,1,4-5,11-12H2. The van der Waals surface area contributed by atoms with Crippen LogP contribution in [0.4, 0.5) is 0 Å². The van der Waals surface area contributed by atoms with Gasteiger partial charge in [-0.3, -0.25) is 14.5 Å². The third-order valence-electron chi connectivity index (χ3n) is 4.37. The zero-order valence-electron chi connectivity index (χ0n) is 13.9. The molecule has 0 amide bonds. The number of aromatic nitrogens is 2. The Labute approximate surface area is 147 Å². The van der Waals surface area contributed by atoms with Crippen molar-refractivity contribution in [1.82, 2.24) is 9.97 Å². The van der Waals surface area contributed by atoms with Crippen LogP contribution in [0.3, 0.4) is 0 Å². The van der Waals surface area contributed by atoms with Gasteiger partial charge >= 0.3 is 0 Å². The second-order valence-electron chi connectivity index (χ2n) is 6.11. The minimum absolute atomic E-state index is 0.379. The van der Waals surface area contributed by atoms with Crippen molar-refractivity contribution in [3.8, 4) is 6.07 Å². The first kappa shape index (κ1) is 17.5. The third kappa shape index (κ3) is 3.87. The molecule has 5 nitrogen and oxygen atoms in total. The van der Waals surface area contributed by atoms with Gasteiger partial charge in [-0.15, -0.1) is 0 Å². The molecule has 3 rings (SSSR count). The van der Waals surface area contributed by atoms with Crippen molar-refractivity contribution in [1.29, 1.82) is 5.26 Å². The molecular weight excluding hydrogens is 333 g/mol. The van der Waals surface area contributed by atoms with E-state index in [1.54, 1.807) is 54.9 Å². The number of nitriles is 1. The zero-order valence-corrected chi connectivity index (χ0v) is 14.8. The van der Waals surface area contributed by atoms with E-state index < -0.39 is 13.0 Å². The largest absolute Gasteiger partial charge is 0.309 e. The summed E-state index contributed by atoms with van der Waals surface area (Å²) in [6.07, 6.45) is 10.9. The lowest BCUT2D eigenvalue weighted by Gasteiger charge is -2.37. The lowest BCUT2D eigenvalue weighted by molar-refractivity contribution is 0.0853. The number of rotatable bonds is 5. The molecule has 0 bridgehead atoms. The van der Waals surface area contributed by atoms with Crippen LogP contribution in [0.15, 0.2) is 60.9 Å². The maximum absolute atomic E-state index is 14.0. The molecule has 0 spiro atoms. The maximum atomic E-state index is 14.0. The Morgan fingerprint density at radius 3 is 2.12 bits per heavy atom. The van der Waals surface area contributed by atoms with Crippen LogP contribution in [0.25, 0.3) is 0 Å². The Hall–Kier alpha value is -2.28. The third-order valence-corrected chi connectivity index (χ3v) is 6.73. The Bertz CT molecular complexity index is 766. The number of hydrogen-bond donors (Lipinski definition) is 0. The minimum atomic E-state index is -3.48. The van der Waals surface area contributed by atoms with E-state index in [-0.39, 0.29) is 0 Å². The maximum Gasteiger partial charge on any atom is 0.297 e. The lowest BCUT2D eigenvalue weighted by atomic mass is 9.85. The van der Waals surface area contributed by atoms with Crippen LogP contribution in [0.2, 0.25) is 0 Å². The first-order valence-electron chi connectivity index (χ1n) is 8.40. The van der Waals surface area contributed by atoms with Crippen LogP contribution >= 0.6 is 7.37 Å². The van der Waals surface area contributed by atoms with Gasteiger partial charge < -0.3 is 4.52 Å². The number of hydrogen-bond acceptors (Lipinski definition) is 5. The average Bonchev–Trinajstić information content (AvgIpc) is 2.68. The molecule has 1 aliphatic rings. The zero-order chi connectivity index (χ0) is 17.6. The van der Waals surface area contributed by atoms with Gasteiger partial charge in [0.2, 0.25) is 0 Å². The summed E-state index contributed by atoms with van der Waals surface area (Å²) in [6.45, 7) is 0. The second kappa shape index (κ2) is 7.74. The molecule has 6 heteroatoms. The molecule has 0 N–H and O–H groups in total. The highest BCUT2D eigenvalue weighted by molar-refractivity contribution is 7.73. The Balaban J connectivity index is 2.07. The smallest absolute Gasteiger partial charge is 0.297 e. The molecule has 0 aromatic carbocycles. The number of allylic oxidation sites excluding steroid dienone is 1. The van der Waals surface area contributed by atoms with Gasteiger partial charge in [-0.1, -0.05) is 31.4 Å². The highest BCUT2D eigenvalue weighted by atomic mass is 31.2. The van der Waals surface area contributed by atoms with E-state index in [1.165, 1.54) is 6.08 Å². The van der Waals surface area contributed by atoms with Crippen LogP contribution < -0.4 is 10.9 Å². The van der Waals surface area contributed by atoms with Crippen LogP contribution in [0, 0.1) is 11.3 Å². The van der Waals surface area contributed by atoms with E-state index in [1.807, 2.05) is 6.07 Å². The summed E-state index contributed by atoms with van der Waals surface area (Å²) in [7, 11) is -3.48. The average molecular weight is 353 g/mol. The quantitative estimate of drug-likeness (QED) is 0.607. The molecule has 2 aromatic rings. The van der Waals surface area contributed by atoms with Gasteiger partial charge in [0.15, 0.2) is 0 Å². The van der Waals surface area contributed by atoms with E-state index in [4.69, 9.17) is 9.79 Å². The normalized spacial score (nSPS) is 17.2. The Morgan fingerprint density at radius 1 is 1.04 bits per heavy atom. The van der Waals surface area contributed by atoms with Gasteiger partial charge in [-0.2, -0.15) is 5.26 Å². The van der Waals surface area contributed by atoms with Crippen molar-refractivity contribution in [2.75, 3.05) is 0 Å². The van der Waals surface area contributed by atoms with E-state index in [0.717, 1.165) is 32.1 Å². The van der Waals surface area contributed by atoms with Crippen LogP contribution in [-0.4, -0.2) is 15.6 Å². The van der Waals surface area contributed by atoms with Crippen molar-refractivity contribution in [3.63, 3.8) is 0 Å². The van der Waals surface area contributed by atoms with Gasteiger partial charge in [0.05, 0.1) is 11.7 Å². The molecule has 0 aliphatic heterocycles. The molecule has 25 heavy (non-hydrogen) atoms. The molecule has 2 heterocycles. The summed E-state index contributed by atoms with van der Waals surface area (Å²) < 4.78 is 20.3. The molecule has 0 saturated heterocycles. The van der Waals surface area contributed by atoms with Gasteiger partial charge in [0, 0.05) is 18.5 Å². The molecule has 1 saturated carbocycles. The van der Waals surface area contributed by atoms with Gasteiger partial charge in [0.25, 0.3) is 7.37 Å². The molecule has 0 radical (unpaired) electrons. The monoisotopic (exact) mass is 353 g/mol. The van der Waals surface area contributed by atoms with Gasteiger partial charge in [-0.25, -0.2) is 0 Å².